The van der Waals surface area contributed by atoms with E-state index in [1.165, 1.54) is 26.2 Å². The highest BCUT2D eigenvalue weighted by atomic mass is 79.9. The molecule has 2 aromatic carbocycles. The molecule has 2 aliphatic rings. The van der Waals surface area contributed by atoms with Gasteiger partial charge in [-0.1, -0.05) is 28.1 Å². The first-order chi connectivity index (χ1) is 17.9. The molecule has 0 bridgehead atoms. The quantitative estimate of drug-likeness (QED) is 0.275. The van der Waals surface area contributed by atoms with Crippen LogP contribution in [-0.4, -0.2) is 87.3 Å². The molecule has 1 amide bonds. The molecular weight excluding hydrogens is 544 g/mol. The van der Waals surface area contributed by atoms with Gasteiger partial charge in [0.05, 0.1) is 46.2 Å². The lowest BCUT2D eigenvalue weighted by Gasteiger charge is -2.29. The van der Waals surface area contributed by atoms with Crippen LogP contribution in [0.25, 0.3) is 5.76 Å². The van der Waals surface area contributed by atoms with Crippen LogP contribution in [0.2, 0.25) is 0 Å². The standard InChI is InChI=1S/C27H31BrN2O7/c1-34-20-15-18(16-21(35-2)26(20)36-3)23-22(24(31)17-5-7-19(28)8-6-17)25(32)27(33)30(23)10-4-9-29-11-13-37-14-12-29/h5-8,15-16,23,31H,4,9-14H2,1-3H3/b24-22-. The Morgan fingerprint density at radius 1 is 1.00 bits per heavy atom. The summed E-state index contributed by atoms with van der Waals surface area (Å²) >= 11 is 3.39. The number of rotatable bonds is 9. The van der Waals surface area contributed by atoms with Gasteiger partial charge in [0.15, 0.2) is 11.5 Å². The number of methoxy groups -OCH3 is 3. The fraction of sp³-hybridized carbons (Fsp3) is 0.407. The third-order valence-electron chi connectivity index (χ3n) is 6.64. The molecule has 0 saturated carbocycles. The Kier molecular flexibility index (Phi) is 8.73. The van der Waals surface area contributed by atoms with E-state index in [-0.39, 0.29) is 11.3 Å². The molecule has 0 aromatic heterocycles. The number of morpholine rings is 1. The number of aliphatic hydroxyl groups is 1. The van der Waals surface area contributed by atoms with Crippen molar-refractivity contribution in [2.24, 2.45) is 0 Å². The zero-order valence-corrected chi connectivity index (χ0v) is 22.7. The molecule has 2 fully saturated rings. The van der Waals surface area contributed by atoms with Crippen LogP contribution in [-0.2, 0) is 14.3 Å². The molecule has 4 rings (SSSR count). The Labute approximate surface area is 224 Å². The predicted octanol–water partition coefficient (Wildman–Crippen LogP) is 3.62. The second kappa shape index (κ2) is 12.0. The van der Waals surface area contributed by atoms with Crippen molar-refractivity contribution in [2.45, 2.75) is 12.5 Å². The molecule has 10 heteroatoms. The van der Waals surface area contributed by atoms with Crippen LogP contribution < -0.4 is 14.2 Å². The molecule has 37 heavy (non-hydrogen) atoms. The topological polar surface area (TPSA) is 97.8 Å². The van der Waals surface area contributed by atoms with Crippen LogP contribution in [0.1, 0.15) is 23.6 Å². The number of benzene rings is 2. The molecular formula is C27H31BrN2O7. The summed E-state index contributed by atoms with van der Waals surface area (Å²) in [5, 5.41) is 11.3. The number of carbonyl (C=O) groups excluding carboxylic acids is 2. The van der Waals surface area contributed by atoms with Gasteiger partial charge < -0.3 is 29.0 Å². The number of carbonyl (C=O) groups is 2. The lowest BCUT2D eigenvalue weighted by Crippen LogP contribution is -2.39. The molecule has 2 saturated heterocycles. The van der Waals surface area contributed by atoms with Gasteiger partial charge in [-0.3, -0.25) is 14.5 Å². The van der Waals surface area contributed by atoms with Crippen molar-refractivity contribution in [1.82, 2.24) is 9.80 Å². The minimum atomic E-state index is -0.831. The highest BCUT2D eigenvalue weighted by Gasteiger charge is 2.46. The normalized spacial score (nSPS) is 19.8. The van der Waals surface area contributed by atoms with Crippen LogP contribution in [0.5, 0.6) is 17.2 Å². The number of nitrogens with zero attached hydrogens (tertiary/aromatic N) is 2. The van der Waals surface area contributed by atoms with Crippen LogP contribution in [0.15, 0.2) is 46.4 Å². The molecule has 2 aliphatic heterocycles. The van der Waals surface area contributed by atoms with Crippen molar-refractivity contribution < 1.29 is 33.6 Å². The van der Waals surface area contributed by atoms with Crippen LogP contribution in [0.4, 0.5) is 0 Å². The maximum Gasteiger partial charge on any atom is 0.295 e. The van der Waals surface area contributed by atoms with Crippen molar-refractivity contribution in [1.29, 1.82) is 0 Å². The van der Waals surface area contributed by atoms with Gasteiger partial charge in [-0.15, -0.1) is 0 Å². The molecule has 0 radical (unpaired) electrons. The predicted molar refractivity (Wildman–Crippen MR) is 141 cm³/mol. The third kappa shape index (κ3) is 5.61. The number of halogens is 1. The molecule has 1 atom stereocenters. The van der Waals surface area contributed by atoms with Gasteiger partial charge in [0.25, 0.3) is 11.7 Å². The molecule has 2 aromatic rings. The van der Waals surface area contributed by atoms with Gasteiger partial charge >= 0.3 is 0 Å². The number of ether oxygens (including phenoxy) is 4. The molecule has 1 unspecified atom stereocenters. The molecule has 1 N–H and O–H groups in total. The minimum Gasteiger partial charge on any atom is -0.507 e. The summed E-state index contributed by atoms with van der Waals surface area (Å²) in [4.78, 5) is 30.4. The molecule has 2 heterocycles. The lowest BCUT2D eigenvalue weighted by atomic mass is 9.94. The van der Waals surface area contributed by atoms with E-state index >= 15 is 0 Å². The summed E-state index contributed by atoms with van der Waals surface area (Å²) in [6.07, 6.45) is 0.659. The van der Waals surface area contributed by atoms with Crippen LogP contribution >= 0.6 is 15.9 Å². The van der Waals surface area contributed by atoms with Gasteiger partial charge in [0.2, 0.25) is 5.75 Å². The average molecular weight is 575 g/mol. The molecule has 0 spiro atoms. The average Bonchev–Trinajstić information content (AvgIpc) is 3.17. The fourth-order valence-corrected chi connectivity index (χ4v) is 5.03. The Hall–Kier alpha value is -3.08. The van der Waals surface area contributed by atoms with Crippen molar-refractivity contribution in [3.8, 4) is 17.2 Å². The van der Waals surface area contributed by atoms with Crippen molar-refractivity contribution in [2.75, 3.05) is 60.7 Å². The van der Waals surface area contributed by atoms with Gasteiger partial charge in [-0.25, -0.2) is 0 Å². The zero-order chi connectivity index (χ0) is 26.5. The highest BCUT2D eigenvalue weighted by molar-refractivity contribution is 9.10. The van der Waals surface area contributed by atoms with E-state index in [1.807, 2.05) is 0 Å². The zero-order valence-electron chi connectivity index (χ0n) is 21.2. The van der Waals surface area contributed by atoms with E-state index in [0.29, 0.717) is 54.6 Å². The lowest BCUT2D eigenvalue weighted by molar-refractivity contribution is -0.140. The summed E-state index contributed by atoms with van der Waals surface area (Å²) in [5.74, 6) is -0.449. The Bertz CT molecular complexity index is 1150. The summed E-state index contributed by atoms with van der Waals surface area (Å²) in [6, 6.07) is 9.50. The first kappa shape index (κ1) is 27.0. The van der Waals surface area contributed by atoms with Crippen LogP contribution in [0.3, 0.4) is 0 Å². The van der Waals surface area contributed by atoms with Gasteiger partial charge in [0.1, 0.15) is 5.76 Å². The van der Waals surface area contributed by atoms with Crippen molar-refractivity contribution in [3.05, 3.63) is 57.6 Å². The largest absolute Gasteiger partial charge is 0.507 e. The van der Waals surface area contributed by atoms with Gasteiger partial charge in [0, 0.05) is 36.2 Å². The van der Waals surface area contributed by atoms with Crippen LogP contribution in [0, 0.1) is 0 Å². The maximum absolute atomic E-state index is 13.3. The van der Waals surface area contributed by atoms with E-state index in [2.05, 4.69) is 20.8 Å². The molecule has 9 nitrogen and oxygen atoms in total. The minimum absolute atomic E-state index is 0.0213. The summed E-state index contributed by atoms with van der Waals surface area (Å²) in [6.45, 7) is 4.13. The van der Waals surface area contributed by atoms with E-state index < -0.39 is 17.7 Å². The number of aliphatic hydroxyl groups excluding tert-OH is 1. The second-order valence-corrected chi connectivity index (χ2v) is 9.68. The Balaban J connectivity index is 1.77. The third-order valence-corrected chi connectivity index (χ3v) is 7.17. The van der Waals surface area contributed by atoms with Gasteiger partial charge in [-0.2, -0.15) is 0 Å². The summed E-state index contributed by atoms with van der Waals surface area (Å²) in [7, 11) is 4.51. The molecule has 0 aliphatic carbocycles. The summed E-state index contributed by atoms with van der Waals surface area (Å²) < 4.78 is 22.7. The van der Waals surface area contributed by atoms with Gasteiger partial charge in [-0.05, 0) is 36.2 Å². The second-order valence-electron chi connectivity index (χ2n) is 8.77. The number of amides is 1. The first-order valence-electron chi connectivity index (χ1n) is 12.0. The van der Waals surface area contributed by atoms with Crippen molar-refractivity contribution in [3.63, 3.8) is 0 Å². The number of ketones is 1. The monoisotopic (exact) mass is 574 g/mol. The number of Topliss-reactive ketones (excluding diaryl/α,β-unsaturated/α-hetero) is 1. The fourth-order valence-electron chi connectivity index (χ4n) is 4.77. The number of likely N-dealkylation sites (tertiary alicyclic amines) is 1. The SMILES string of the molecule is COc1cc(C2/C(=C(/O)c3ccc(Br)cc3)C(=O)C(=O)N2CCCN2CCOCC2)cc(OC)c1OC. The maximum atomic E-state index is 13.3. The Morgan fingerprint density at radius 3 is 2.19 bits per heavy atom. The highest BCUT2D eigenvalue weighted by Crippen LogP contribution is 2.45. The number of hydrogen-bond donors (Lipinski definition) is 1. The molecule has 198 valence electrons. The van der Waals surface area contributed by atoms with Crippen molar-refractivity contribution >= 4 is 33.4 Å². The smallest absolute Gasteiger partial charge is 0.295 e. The van der Waals surface area contributed by atoms with E-state index in [9.17, 15) is 14.7 Å². The van der Waals surface area contributed by atoms with E-state index in [4.69, 9.17) is 18.9 Å². The number of hydrogen-bond acceptors (Lipinski definition) is 8. The van der Waals surface area contributed by atoms with E-state index in [0.717, 1.165) is 24.1 Å². The summed E-state index contributed by atoms with van der Waals surface area (Å²) in [5.41, 5.74) is 1.03. The van der Waals surface area contributed by atoms with E-state index in [1.54, 1.807) is 36.4 Å². The first-order valence-corrected chi connectivity index (χ1v) is 12.8. The Morgan fingerprint density at radius 2 is 1.62 bits per heavy atom.